The number of hydrogen-bond donors (Lipinski definition) is 0. The van der Waals surface area contributed by atoms with Crippen LogP contribution in [0.3, 0.4) is 0 Å². The summed E-state index contributed by atoms with van der Waals surface area (Å²) in [7, 11) is 0. The second kappa shape index (κ2) is 4.21. The van der Waals surface area contributed by atoms with E-state index in [-0.39, 0.29) is 0 Å². The molecule has 0 atom stereocenters. The van der Waals surface area contributed by atoms with Gasteiger partial charge in [0.15, 0.2) is 0 Å². The van der Waals surface area contributed by atoms with E-state index in [0.29, 0.717) is 6.04 Å². The molecule has 1 aliphatic rings. The van der Waals surface area contributed by atoms with Crippen molar-refractivity contribution < 1.29 is 0 Å². The Hall–Kier alpha value is -1.05. The molecule has 2 heteroatoms. The highest BCUT2D eigenvalue weighted by atomic mass is 15.3. The van der Waals surface area contributed by atoms with Crippen LogP contribution in [0.5, 0.6) is 0 Å². The summed E-state index contributed by atoms with van der Waals surface area (Å²) in [6.45, 7) is 8.16. The fourth-order valence-electron chi connectivity index (χ4n) is 2.44. The molecule has 1 aromatic rings. The van der Waals surface area contributed by atoms with Gasteiger partial charge in [-0.15, -0.1) is 0 Å². The summed E-state index contributed by atoms with van der Waals surface area (Å²) in [6.07, 6.45) is 6.64. The van der Waals surface area contributed by atoms with Crippen molar-refractivity contribution in [3.05, 3.63) is 24.0 Å². The fourth-order valence-corrected chi connectivity index (χ4v) is 2.44. The first-order valence-corrected chi connectivity index (χ1v) is 5.90. The lowest BCUT2D eigenvalue weighted by atomic mass is 9.95. The molecule has 1 fully saturated rings. The standard InChI is InChI=1S/C13H20N2/c1-10(2)13-9-11(3)14-15(13)12-7-5-4-6-8-12/h9,12H,1,4-8H2,2-3H3. The number of nitrogens with zero attached hydrogens (tertiary/aromatic N) is 2. The van der Waals surface area contributed by atoms with Crippen molar-refractivity contribution in [2.75, 3.05) is 0 Å². The van der Waals surface area contributed by atoms with Crippen molar-refractivity contribution in [1.82, 2.24) is 9.78 Å². The molecule has 0 N–H and O–H groups in total. The summed E-state index contributed by atoms with van der Waals surface area (Å²) in [6, 6.07) is 2.76. The van der Waals surface area contributed by atoms with E-state index in [4.69, 9.17) is 0 Å². The van der Waals surface area contributed by atoms with Crippen molar-refractivity contribution in [3.63, 3.8) is 0 Å². The predicted octanol–water partition coefficient (Wildman–Crippen LogP) is 3.73. The lowest BCUT2D eigenvalue weighted by molar-refractivity contribution is 0.326. The summed E-state index contributed by atoms with van der Waals surface area (Å²) in [5.74, 6) is 0. The number of hydrogen-bond acceptors (Lipinski definition) is 1. The maximum atomic E-state index is 4.61. The predicted molar refractivity (Wildman–Crippen MR) is 63.8 cm³/mol. The van der Waals surface area contributed by atoms with Crippen molar-refractivity contribution in [3.8, 4) is 0 Å². The number of allylic oxidation sites excluding steroid dienone is 1. The van der Waals surface area contributed by atoms with Gasteiger partial charge in [0.2, 0.25) is 0 Å². The van der Waals surface area contributed by atoms with Gasteiger partial charge in [-0.2, -0.15) is 5.10 Å². The number of aryl methyl sites for hydroxylation is 1. The van der Waals surface area contributed by atoms with Crippen LogP contribution in [0.1, 0.15) is 56.5 Å². The summed E-state index contributed by atoms with van der Waals surface area (Å²) >= 11 is 0. The topological polar surface area (TPSA) is 17.8 Å². The van der Waals surface area contributed by atoms with Crippen molar-refractivity contribution in [2.24, 2.45) is 0 Å². The van der Waals surface area contributed by atoms with Crippen molar-refractivity contribution in [2.45, 2.75) is 52.0 Å². The molecule has 1 heterocycles. The SMILES string of the molecule is C=C(C)c1cc(C)nn1C1CCCCC1. The van der Waals surface area contributed by atoms with Crippen LogP contribution in [0, 0.1) is 6.92 Å². The number of aromatic nitrogens is 2. The molecule has 15 heavy (non-hydrogen) atoms. The van der Waals surface area contributed by atoms with Crippen LogP contribution in [0.2, 0.25) is 0 Å². The summed E-state index contributed by atoms with van der Waals surface area (Å²) in [5, 5.41) is 4.61. The highest BCUT2D eigenvalue weighted by molar-refractivity contribution is 5.58. The normalized spacial score (nSPS) is 18.0. The molecule has 1 aromatic heterocycles. The smallest absolute Gasteiger partial charge is 0.0639 e. The van der Waals surface area contributed by atoms with Crippen LogP contribution in [0.15, 0.2) is 12.6 Å². The quantitative estimate of drug-likeness (QED) is 0.717. The van der Waals surface area contributed by atoms with E-state index in [1.165, 1.54) is 37.8 Å². The van der Waals surface area contributed by atoms with Crippen LogP contribution < -0.4 is 0 Å². The molecule has 0 unspecified atom stereocenters. The fraction of sp³-hybridized carbons (Fsp3) is 0.615. The van der Waals surface area contributed by atoms with Crippen molar-refractivity contribution in [1.29, 1.82) is 0 Å². The van der Waals surface area contributed by atoms with Crippen molar-refractivity contribution >= 4 is 5.57 Å². The molecule has 0 bridgehead atoms. The molecule has 1 aliphatic carbocycles. The Labute approximate surface area is 92.0 Å². The van der Waals surface area contributed by atoms with Gasteiger partial charge in [0.05, 0.1) is 17.4 Å². The average molecular weight is 204 g/mol. The Morgan fingerprint density at radius 2 is 2.07 bits per heavy atom. The Kier molecular flexibility index (Phi) is 2.94. The summed E-state index contributed by atoms with van der Waals surface area (Å²) < 4.78 is 2.21. The average Bonchev–Trinajstić information content (AvgIpc) is 2.62. The zero-order valence-corrected chi connectivity index (χ0v) is 9.79. The van der Waals surface area contributed by atoms with Crippen LogP contribution in [-0.2, 0) is 0 Å². The van der Waals surface area contributed by atoms with Crippen LogP contribution >= 0.6 is 0 Å². The van der Waals surface area contributed by atoms with E-state index in [1.807, 2.05) is 0 Å². The van der Waals surface area contributed by atoms with Crippen LogP contribution in [-0.4, -0.2) is 9.78 Å². The van der Waals surface area contributed by atoms with E-state index in [1.54, 1.807) is 0 Å². The molecule has 2 nitrogen and oxygen atoms in total. The first-order valence-electron chi connectivity index (χ1n) is 5.90. The maximum Gasteiger partial charge on any atom is 0.0639 e. The molecule has 0 radical (unpaired) electrons. The van der Waals surface area contributed by atoms with Gasteiger partial charge in [-0.25, -0.2) is 0 Å². The Morgan fingerprint density at radius 1 is 1.40 bits per heavy atom. The lowest BCUT2D eigenvalue weighted by Gasteiger charge is -2.24. The molecule has 0 spiro atoms. The Bertz CT molecular complexity index is 357. The zero-order valence-electron chi connectivity index (χ0n) is 9.79. The summed E-state index contributed by atoms with van der Waals surface area (Å²) in [4.78, 5) is 0. The molecule has 0 saturated heterocycles. The minimum absolute atomic E-state index is 0.610. The monoisotopic (exact) mass is 204 g/mol. The highest BCUT2D eigenvalue weighted by Crippen LogP contribution is 2.30. The first kappa shape index (κ1) is 10.5. The molecule has 2 rings (SSSR count). The molecule has 0 amide bonds. The van der Waals surface area contributed by atoms with Gasteiger partial charge in [-0.05, 0) is 38.3 Å². The van der Waals surface area contributed by atoms with E-state index < -0.39 is 0 Å². The highest BCUT2D eigenvalue weighted by Gasteiger charge is 2.19. The third-order valence-corrected chi connectivity index (χ3v) is 3.22. The second-order valence-electron chi connectivity index (χ2n) is 4.69. The first-order chi connectivity index (χ1) is 7.18. The Morgan fingerprint density at radius 3 is 2.67 bits per heavy atom. The molecule has 1 saturated carbocycles. The van der Waals surface area contributed by atoms with Gasteiger partial charge < -0.3 is 0 Å². The third-order valence-electron chi connectivity index (χ3n) is 3.22. The minimum Gasteiger partial charge on any atom is -0.262 e. The third kappa shape index (κ3) is 2.14. The van der Waals surface area contributed by atoms with E-state index in [2.05, 4.69) is 36.3 Å². The van der Waals surface area contributed by atoms with Gasteiger partial charge in [0, 0.05) is 0 Å². The van der Waals surface area contributed by atoms with Gasteiger partial charge in [0.25, 0.3) is 0 Å². The van der Waals surface area contributed by atoms with E-state index in [0.717, 1.165) is 11.3 Å². The maximum absolute atomic E-state index is 4.61. The molecular weight excluding hydrogens is 184 g/mol. The largest absolute Gasteiger partial charge is 0.262 e. The van der Waals surface area contributed by atoms with E-state index in [9.17, 15) is 0 Å². The molecular formula is C13H20N2. The minimum atomic E-state index is 0.610. The van der Waals surface area contributed by atoms with Gasteiger partial charge >= 0.3 is 0 Å². The van der Waals surface area contributed by atoms with Gasteiger partial charge in [-0.1, -0.05) is 25.8 Å². The second-order valence-corrected chi connectivity index (χ2v) is 4.69. The van der Waals surface area contributed by atoms with Gasteiger partial charge in [-0.3, -0.25) is 4.68 Å². The molecule has 82 valence electrons. The molecule has 0 aliphatic heterocycles. The molecule has 0 aromatic carbocycles. The zero-order chi connectivity index (χ0) is 10.8. The Balaban J connectivity index is 2.28. The lowest BCUT2D eigenvalue weighted by Crippen LogP contribution is -2.16. The van der Waals surface area contributed by atoms with Crippen LogP contribution in [0.25, 0.3) is 5.57 Å². The number of rotatable bonds is 2. The van der Waals surface area contributed by atoms with Crippen LogP contribution in [0.4, 0.5) is 0 Å². The summed E-state index contributed by atoms with van der Waals surface area (Å²) in [5.41, 5.74) is 3.46. The van der Waals surface area contributed by atoms with E-state index >= 15 is 0 Å². The van der Waals surface area contributed by atoms with Gasteiger partial charge in [0.1, 0.15) is 0 Å².